The van der Waals surface area contributed by atoms with Crippen LogP contribution < -0.4 is 0 Å². The van der Waals surface area contributed by atoms with Crippen LogP contribution in [0.2, 0.25) is 5.02 Å². The minimum absolute atomic E-state index is 0.279. The van der Waals surface area contributed by atoms with Crippen molar-refractivity contribution in [1.29, 1.82) is 0 Å². The van der Waals surface area contributed by atoms with Crippen LogP contribution in [0.15, 0.2) is 43.7 Å². The van der Waals surface area contributed by atoms with Gasteiger partial charge in [-0.05, 0) is 17.7 Å². The molecule has 0 saturated carbocycles. The van der Waals surface area contributed by atoms with Crippen molar-refractivity contribution < 1.29 is 9.53 Å². The first-order chi connectivity index (χ1) is 6.65. The molecule has 72 valence electrons. The molecule has 0 N–H and O–H groups in total. The van der Waals surface area contributed by atoms with E-state index in [-0.39, 0.29) is 5.57 Å². The van der Waals surface area contributed by atoms with E-state index >= 15 is 0 Å². The first-order valence-corrected chi connectivity index (χ1v) is 4.29. The summed E-state index contributed by atoms with van der Waals surface area (Å²) in [4.78, 5) is 11.2. The Bertz CT molecular complexity index is 365. The predicted molar refractivity (Wildman–Crippen MR) is 56.8 cm³/mol. The van der Waals surface area contributed by atoms with E-state index in [1.807, 2.05) is 0 Å². The lowest BCUT2D eigenvalue weighted by atomic mass is 10.1. The topological polar surface area (TPSA) is 26.3 Å². The highest BCUT2D eigenvalue weighted by Gasteiger charge is 2.09. The van der Waals surface area contributed by atoms with E-state index in [0.29, 0.717) is 10.6 Å². The van der Waals surface area contributed by atoms with Crippen molar-refractivity contribution in [3.8, 4) is 0 Å². The van der Waals surface area contributed by atoms with Crippen molar-refractivity contribution in [1.82, 2.24) is 0 Å². The van der Waals surface area contributed by atoms with E-state index < -0.39 is 5.97 Å². The molecule has 1 rings (SSSR count). The van der Waals surface area contributed by atoms with Crippen LogP contribution in [0.25, 0.3) is 5.57 Å². The monoisotopic (exact) mass is 208 g/mol. The third kappa shape index (κ3) is 2.47. The second-order valence-electron chi connectivity index (χ2n) is 2.56. The van der Waals surface area contributed by atoms with E-state index in [4.69, 9.17) is 11.6 Å². The molecule has 1 aromatic rings. The minimum Gasteiger partial charge on any atom is -0.432 e. The summed E-state index contributed by atoms with van der Waals surface area (Å²) >= 11 is 5.70. The van der Waals surface area contributed by atoms with Crippen LogP contribution in [0, 0.1) is 0 Å². The molecule has 0 saturated heterocycles. The molecule has 0 atom stereocenters. The van der Waals surface area contributed by atoms with Gasteiger partial charge in [-0.15, -0.1) is 0 Å². The van der Waals surface area contributed by atoms with E-state index in [0.717, 1.165) is 6.26 Å². The van der Waals surface area contributed by atoms with E-state index in [9.17, 15) is 4.79 Å². The van der Waals surface area contributed by atoms with Gasteiger partial charge < -0.3 is 4.74 Å². The van der Waals surface area contributed by atoms with Crippen LogP contribution in [0.1, 0.15) is 5.56 Å². The van der Waals surface area contributed by atoms with E-state index in [2.05, 4.69) is 17.9 Å². The Morgan fingerprint density at radius 1 is 1.36 bits per heavy atom. The summed E-state index contributed by atoms with van der Waals surface area (Å²) in [6.45, 7) is 6.89. The fourth-order valence-electron chi connectivity index (χ4n) is 0.916. The summed E-state index contributed by atoms with van der Waals surface area (Å²) in [5, 5.41) is 0.610. The van der Waals surface area contributed by atoms with Gasteiger partial charge in [-0.1, -0.05) is 36.9 Å². The van der Waals surface area contributed by atoms with Gasteiger partial charge in [-0.2, -0.15) is 0 Å². The SMILES string of the molecule is C=COC(=O)C(=C)c1ccc(Cl)cc1. The standard InChI is InChI=1S/C11H9ClO2/c1-3-14-11(13)8(2)9-4-6-10(12)7-5-9/h3-7H,1-2H2. The maximum Gasteiger partial charge on any atom is 0.342 e. The van der Waals surface area contributed by atoms with Crippen molar-refractivity contribution in [2.24, 2.45) is 0 Å². The Morgan fingerprint density at radius 2 is 1.93 bits per heavy atom. The number of benzene rings is 1. The number of esters is 1. The zero-order valence-electron chi connectivity index (χ0n) is 7.50. The van der Waals surface area contributed by atoms with Gasteiger partial charge in [0.2, 0.25) is 0 Å². The normalized spacial score (nSPS) is 9.21. The highest BCUT2D eigenvalue weighted by molar-refractivity contribution is 6.30. The maximum atomic E-state index is 11.2. The first kappa shape index (κ1) is 10.5. The summed E-state index contributed by atoms with van der Waals surface area (Å²) in [5.41, 5.74) is 0.961. The van der Waals surface area contributed by atoms with E-state index in [1.165, 1.54) is 0 Å². The Kier molecular flexibility index (Phi) is 3.48. The van der Waals surface area contributed by atoms with Crippen LogP contribution in [-0.4, -0.2) is 5.97 Å². The Morgan fingerprint density at radius 3 is 2.43 bits per heavy atom. The highest BCUT2D eigenvalue weighted by Crippen LogP contribution is 2.17. The number of carbonyl (C=O) groups excluding carboxylic acids is 1. The molecule has 0 aromatic heterocycles. The molecule has 0 aliphatic rings. The van der Waals surface area contributed by atoms with Gasteiger partial charge in [0.15, 0.2) is 0 Å². The summed E-state index contributed by atoms with van der Waals surface area (Å²) < 4.78 is 4.58. The molecular weight excluding hydrogens is 200 g/mol. The molecule has 0 unspecified atom stereocenters. The third-order valence-corrected chi connectivity index (χ3v) is 1.88. The highest BCUT2D eigenvalue weighted by atomic mass is 35.5. The zero-order chi connectivity index (χ0) is 10.6. The first-order valence-electron chi connectivity index (χ1n) is 3.92. The van der Waals surface area contributed by atoms with Crippen molar-refractivity contribution in [2.75, 3.05) is 0 Å². The summed E-state index contributed by atoms with van der Waals surface area (Å²) in [5.74, 6) is -0.512. The van der Waals surface area contributed by atoms with Crippen LogP contribution >= 0.6 is 11.6 Å². The van der Waals surface area contributed by atoms with E-state index in [1.54, 1.807) is 24.3 Å². The molecule has 0 heterocycles. The smallest absolute Gasteiger partial charge is 0.342 e. The average Bonchev–Trinajstić information content (AvgIpc) is 2.18. The van der Waals surface area contributed by atoms with Crippen LogP contribution in [-0.2, 0) is 9.53 Å². The number of halogens is 1. The predicted octanol–water partition coefficient (Wildman–Crippen LogP) is 3.04. The molecule has 1 aromatic carbocycles. The molecule has 14 heavy (non-hydrogen) atoms. The van der Waals surface area contributed by atoms with Crippen LogP contribution in [0.3, 0.4) is 0 Å². The minimum atomic E-state index is -0.512. The van der Waals surface area contributed by atoms with Gasteiger partial charge in [-0.3, -0.25) is 0 Å². The molecular formula is C11H9ClO2. The lowest BCUT2D eigenvalue weighted by Gasteiger charge is -2.03. The summed E-state index contributed by atoms with van der Waals surface area (Å²) in [7, 11) is 0. The van der Waals surface area contributed by atoms with Crippen LogP contribution in [0.5, 0.6) is 0 Å². The Balaban J connectivity index is 2.84. The average molecular weight is 209 g/mol. The van der Waals surface area contributed by atoms with Gasteiger partial charge >= 0.3 is 5.97 Å². The molecule has 0 bridgehead atoms. The number of hydrogen-bond donors (Lipinski definition) is 0. The molecule has 0 aliphatic heterocycles. The van der Waals surface area contributed by atoms with Gasteiger partial charge in [0.1, 0.15) is 0 Å². The lowest BCUT2D eigenvalue weighted by Crippen LogP contribution is -2.01. The third-order valence-electron chi connectivity index (χ3n) is 1.63. The molecule has 0 amide bonds. The van der Waals surface area contributed by atoms with Crippen molar-refractivity contribution >= 4 is 23.1 Å². The molecule has 3 heteroatoms. The van der Waals surface area contributed by atoms with Crippen LogP contribution in [0.4, 0.5) is 0 Å². The fraction of sp³-hybridized carbons (Fsp3) is 0. The molecule has 0 fully saturated rings. The van der Waals surface area contributed by atoms with Gasteiger partial charge in [-0.25, -0.2) is 4.79 Å². The second-order valence-corrected chi connectivity index (χ2v) is 2.99. The lowest BCUT2D eigenvalue weighted by molar-refractivity contribution is -0.131. The second kappa shape index (κ2) is 4.63. The van der Waals surface area contributed by atoms with Crippen molar-refractivity contribution in [2.45, 2.75) is 0 Å². The number of hydrogen-bond acceptors (Lipinski definition) is 2. The molecule has 0 aliphatic carbocycles. The number of carbonyl (C=O) groups is 1. The largest absolute Gasteiger partial charge is 0.432 e. The summed E-state index contributed by atoms with van der Waals surface area (Å²) in [6, 6.07) is 6.77. The quantitative estimate of drug-likeness (QED) is 0.434. The van der Waals surface area contributed by atoms with Gasteiger partial charge in [0.25, 0.3) is 0 Å². The number of rotatable bonds is 3. The molecule has 2 nitrogen and oxygen atoms in total. The zero-order valence-corrected chi connectivity index (χ0v) is 8.25. The fourth-order valence-corrected chi connectivity index (χ4v) is 1.04. The van der Waals surface area contributed by atoms with Gasteiger partial charge in [0.05, 0.1) is 11.8 Å². The maximum absolute atomic E-state index is 11.2. The van der Waals surface area contributed by atoms with Gasteiger partial charge in [0, 0.05) is 5.02 Å². The molecule has 0 radical (unpaired) electrons. The van der Waals surface area contributed by atoms with Crippen molar-refractivity contribution in [3.63, 3.8) is 0 Å². The van der Waals surface area contributed by atoms with Crippen molar-refractivity contribution in [3.05, 3.63) is 54.3 Å². The summed E-state index contributed by atoms with van der Waals surface area (Å²) in [6.07, 6.45) is 1.07. The Hall–Kier alpha value is -1.54. The number of ether oxygens (including phenoxy) is 1. The Labute approximate surface area is 87.5 Å². The molecule has 0 spiro atoms.